The van der Waals surface area contributed by atoms with Crippen molar-refractivity contribution in [2.24, 2.45) is 5.73 Å². The first-order valence-electron chi connectivity index (χ1n) is 6.72. The smallest absolute Gasteiger partial charge is 0.342 e. The van der Waals surface area contributed by atoms with Crippen molar-refractivity contribution in [3.8, 4) is 0 Å². The van der Waals surface area contributed by atoms with Crippen molar-refractivity contribution >= 4 is 23.4 Å². The number of nitrogens with zero attached hydrogens (tertiary/aromatic N) is 1. The standard InChI is InChI=1S/C16H17N3O3/c1-10-5-6-13(11(2)8-10)19-15-12(4-3-7-18-15)16(21)22-9-14(17)20/h3-8H,9H2,1-2H3,(H2,17,20)(H,18,19). The molecule has 0 unspecified atom stereocenters. The topological polar surface area (TPSA) is 94.3 Å². The van der Waals surface area contributed by atoms with Gasteiger partial charge >= 0.3 is 5.97 Å². The number of aryl methyl sites for hydroxylation is 2. The molecule has 1 amide bonds. The molecule has 2 aromatic rings. The molecule has 3 N–H and O–H groups in total. The van der Waals surface area contributed by atoms with E-state index in [9.17, 15) is 9.59 Å². The molecule has 0 saturated carbocycles. The van der Waals surface area contributed by atoms with Crippen molar-refractivity contribution < 1.29 is 14.3 Å². The molecule has 22 heavy (non-hydrogen) atoms. The van der Waals surface area contributed by atoms with Gasteiger partial charge in [-0.25, -0.2) is 9.78 Å². The lowest BCUT2D eigenvalue weighted by Crippen LogP contribution is -2.21. The van der Waals surface area contributed by atoms with Gasteiger partial charge in [-0.3, -0.25) is 4.79 Å². The van der Waals surface area contributed by atoms with E-state index in [0.29, 0.717) is 5.82 Å². The largest absolute Gasteiger partial charge is 0.452 e. The molecule has 0 aliphatic rings. The van der Waals surface area contributed by atoms with Crippen molar-refractivity contribution in [2.45, 2.75) is 13.8 Å². The first-order valence-corrected chi connectivity index (χ1v) is 6.72. The van der Waals surface area contributed by atoms with Gasteiger partial charge in [0.25, 0.3) is 5.91 Å². The van der Waals surface area contributed by atoms with E-state index >= 15 is 0 Å². The predicted octanol–water partition coefficient (Wildman–Crippen LogP) is 2.08. The Balaban J connectivity index is 2.24. The summed E-state index contributed by atoms with van der Waals surface area (Å²) < 4.78 is 4.82. The highest BCUT2D eigenvalue weighted by Gasteiger charge is 2.15. The minimum absolute atomic E-state index is 0.240. The van der Waals surface area contributed by atoms with E-state index in [4.69, 9.17) is 10.5 Å². The first-order chi connectivity index (χ1) is 10.5. The van der Waals surface area contributed by atoms with Gasteiger partial charge in [0.15, 0.2) is 6.61 Å². The second-order valence-electron chi connectivity index (χ2n) is 4.89. The van der Waals surface area contributed by atoms with Crippen LogP contribution < -0.4 is 11.1 Å². The lowest BCUT2D eigenvalue weighted by Gasteiger charge is -2.12. The first kappa shape index (κ1) is 15.5. The molecule has 0 saturated heterocycles. The van der Waals surface area contributed by atoms with Crippen LogP contribution in [0.1, 0.15) is 21.5 Å². The van der Waals surface area contributed by atoms with Crippen LogP contribution in [-0.4, -0.2) is 23.5 Å². The molecule has 0 bridgehead atoms. The number of amides is 1. The molecule has 0 aliphatic heterocycles. The third kappa shape index (κ3) is 3.82. The average Bonchev–Trinajstić information content (AvgIpc) is 2.48. The van der Waals surface area contributed by atoms with Crippen molar-refractivity contribution in [1.82, 2.24) is 4.98 Å². The number of nitrogens with two attached hydrogens (primary N) is 1. The Labute approximate surface area is 128 Å². The van der Waals surface area contributed by atoms with Crippen molar-refractivity contribution in [1.29, 1.82) is 0 Å². The number of pyridine rings is 1. The Morgan fingerprint density at radius 2 is 2.05 bits per heavy atom. The summed E-state index contributed by atoms with van der Waals surface area (Å²) in [5, 5.41) is 3.11. The number of carbonyl (C=O) groups excluding carboxylic acids is 2. The summed E-state index contributed by atoms with van der Waals surface area (Å²) in [5.74, 6) is -0.996. The molecule has 6 heteroatoms. The highest BCUT2D eigenvalue weighted by atomic mass is 16.5. The van der Waals surface area contributed by atoms with Crippen LogP contribution in [0.5, 0.6) is 0 Å². The van der Waals surface area contributed by atoms with Gasteiger partial charge in [-0.1, -0.05) is 17.7 Å². The third-order valence-electron chi connectivity index (χ3n) is 3.01. The van der Waals surface area contributed by atoms with E-state index < -0.39 is 18.5 Å². The zero-order valence-corrected chi connectivity index (χ0v) is 12.4. The number of nitrogens with one attached hydrogen (secondary N) is 1. The van der Waals surface area contributed by atoms with Gasteiger partial charge in [-0.15, -0.1) is 0 Å². The van der Waals surface area contributed by atoms with Gasteiger partial charge in [-0.05, 0) is 37.6 Å². The zero-order valence-electron chi connectivity index (χ0n) is 12.4. The van der Waals surface area contributed by atoms with Crippen LogP contribution in [0.2, 0.25) is 0 Å². The fraction of sp³-hybridized carbons (Fsp3) is 0.188. The van der Waals surface area contributed by atoms with Crippen LogP contribution in [0.15, 0.2) is 36.5 Å². The maximum atomic E-state index is 12.0. The molecule has 0 spiro atoms. The lowest BCUT2D eigenvalue weighted by molar-refractivity contribution is -0.121. The number of hydrogen-bond donors (Lipinski definition) is 2. The van der Waals surface area contributed by atoms with Crippen LogP contribution in [-0.2, 0) is 9.53 Å². The number of aromatic nitrogens is 1. The summed E-state index contributed by atoms with van der Waals surface area (Å²) >= 11 is 0. The Kier molecular flexibility index (Phi) is 4.73. The fourth-order valence-electron chi connectivity index (χ4n) is 1.97. The fourth-order valence-corrected chi connectivity index (χ4v) is 1.97. The summed E-state index contributed by atoms with van der Waals surface area (Å²) in [7, 11) is 0. The minimum Gasteiger partial charge on any atom is -0.452 e. The van der Waals surface area contributed by atoms with E-state index in [0.717, 1.165) is 16.8 Å². The van der Waals surface area contributed by atoms with Crippen LogP contribution in [0.3, 0.4) is 0 Å². The predicted molar refractivity (Wildman–Crippen MR) is 82.9 cm³/mol. The summed E-state index contributed by atoms with van der Waals surface area (Å²) in [6.07, 6.45) is 1.57. The summed E-state index contributed by atoms with van der Waals surface area (Å²) in [5.41, 5.74) is 8.22. The Bertz CT molecular complexity index is 714. The number of primary amides is 1. The van der Waals surface area contributed by atoms with Gasteiger partial charge in [-0.2, -0.15) is 0 Å². The summed E-state index contributed by atoms with van der Waals surface area (Å²) in [6, 6.07) is 9.09. The summed E-state index contributed by atoms with van der Waals surface area (Å²) in [4.78, 5) is 26.8. The van der Waals surface area contributed by atoms with E-state index in [1.807, 2.05) is 32.0 Å². The van der Waals surface area contributed by atoms with Crippen LogP contribution in [0.4, 0.5) is 11.5 Å². The Hall–Kier alpha value is -2.89. The van der Waals surface area contributed by atoms with Gasteiger partial charge in [0, 0.05) is 11.9 Å². The van der Waals surface area contributed by atoms with Crippen LogP contribution in [0, 0.1) is 13.8 Å². The molecule has 1 aromatic heterocycles. The van der Waals surface area contributed by atoms with Crippen molar-refractivity contribution in [3.05, 3.63) is 53.2 Å². The monoisotopic (exact) mass is 299 g/mol. The van der Waals surface area contributed by atoms with E-state index in [1.165, 1.54) is 0 Å². The third-order valence-corrected chi connectivity index (χ3v) is 3.01. The average molecular weight is 299 g/mol. The molecule has 0 aliphatic carbocycles. The normalized spacial score (nSPS) is 10.1. The Morgan fingerprint density at radius 3 is 2.73 bits per heavy atom. The molecule has 0 fully saturated rings. The van der Waals surface area contributed by atoms with Gasteiger partial charge in [0.05, 0.1) is 0 Å². The number of hydrogen-bond acceptors (Lipinski definition) is 5. The zero-order chi connectivity index (χ0) is 16.1. The molecule has 1 heterocycles. The van der Waals surface area contributed by atoms with E-state index in [1.54, 1.807) is 18.3 Å². The van der Waals surface area contributed by atoms with Crippen molar-refractivity contribution in [2.75, 3.05) is 11.9 Å². The van der Waals surface area contributed by atoms with Crippen molar-refractivity contribution in [3.63, 3.8) is 0 Å². The number of anilines is 2. The molecule has 2 rings (SSSR count). The van der Waals surface area contributed by atoms with E-state index in [-0.39, 0.29) is 5.56 Å². The number of benzene rings is 1. The molecular weight excluding hydrogens is 282 g/mol. The quantitative estimate of drug-likeness (QED) is 0.824. The summed E-state index contributed by atoms with van der Waals surface area (Å²) in [6.45, 7) is 3.50. The second kappa shape index (κ2) is 6.71. The van der Waals surface area contributed by atoms with Gasteiger partial charge < -0.3 is 15.8 Å². The highest BCUT2D eigenvalue weighted by Crippen LogP contribution is 2.23. The van der Waals surface area contributed by atoms with E-state index in [2.05, 4.69) is 10.3 Å². The molecule has 114 valence electrons. The molecule has 0 radical (unpaired) electrons. The molecule has 0 atom stereocenters. The molecule has 6 nitrogen and oxygen atoms in total. The molecule has 1 aromatic carbocycles. The number of esters is 1. The van der Waals surface area contributed by atoms with Crippen LogP contribution >= 0.6 is 0 Å². The second-order valence-corrected chi connectivity index (χ2v) is 4.89. The number of rotatable bonds is 5. The van der Waals surface area contributed by atoms with Gasteiger partial charge in [0.2, 0.25) is 0 Å². The minimum atomic E-state index is -0.707. The SMILES string of the molecule is Cc1ccc(Nc2ncccc2C(=O)OCC(N)=O)c(C)c1. The lowest BCUT2D eigenvalue weighted by atomic mass is 10.1. The number of ether oxygens (including phenoxy) is 1. The van der Waals surface area contributed by atoms with Crippen LogP contribution in [0.25, 0.3) is 0 Å². The Morgan fingerprint density at radius 1 is 1.27 bits per heavy atom. The van der Waals surface area contributed by atoms with Gasteiger partial charge in [0.1, 0.15) is 11.4 Å². The maximum absolute atomic E-state index is 12.0. The molecular formula is C16H17N3O3. The number of carbonyl (C=O) groups is 2. The maximum Gasteiger partial charge on any atom is 0.342 e. The highest BCUT2D eigenvalue weighted by molar-refractivity contribution is 5.96.